The fraction of sp³-hybridized carbons (Fsp3) is 0.318. The summed E-state index contributed by atoms with van der Waals surface area (Å²) in [7, 11) is -1.78. The van der Waals surface area contributed by atoms with Gasteiger partial charge in [0.2, 0.25) is 5.56 Å². The molecule has 31 heavy (non-hydrogen) atoms. The Kier molecular flexibility index (Phi) is 6.81. The number of aromatic nitrogens is 3. The standard InChI is InChI=1S/C22H24ClN3O4S/c1-5-15(3)31(28,29)13-17-11-19(16-9-10-20(27)26(4)12-16)25-22(24-17)30-21-14(2)7-6-8-18(21)23/h6-12,15H,5,13H2,1-4H3/t15-/m0/s1. The van der Waals surface area contributed by atoms with Gasteiger partial charge in [0.05, 0.1) is 27.4 Å². The lowest BCUT2D eigenvalue weighted by Crippen LogP contribution is -2.19. The van der Waals surface area contributed by atoms with Crippen molar-refractivity contribution in [3.8, 4) is 23.0 Å². The first kappa shape index (κ1) is 23.0. The number of aryl methyl sites for hydroxylation is 2. The van der Waals surface area contributed by atoms with Crippen molar-refractivity contribution in [2.24, 2.45) is 7.05 Å². The predicted octanol–water partition coefficient (Wildman–Crippen LogP) is 4.31. The number of pyridine rings is 1. The molecule has 3 rings (SSSR count). The molecule has 0 aliphatic rings. The van der Waals surface area contributed by atoms with Crippen molar-refractivity contribution in [2.45, 2.75) is 38.2 Å². The lowest BCUT2D eigenvalue weighted by molar-refractivity contribution is 0.438. The molecule has 0 fully saturated rings. The highest BCUT2D eigenvalue weighted by Crippen LogP contribution is 2.32. The monoisotopic (exact) mass is 461 g/mol. The molecule has 1 aromatic carbocycles. The number of rotatable bonds is 7. The van der Waals surface area contributed by atoms with E-state index in [9.17, 15) is 13.2 Å². The van der Waals surface area contributed by atoms with Crippen molar-refractivity contribution < 1.29 is 13.2 Å². The Morgan fingerprint density at radius 1 is 1.19 bits per heavy atom. The molecule has 2 heterocycles. The molecule has 0 saturated carbocycles. The summed E-state index contributed by atoms with van der Waals surface area (Å²) >= 11 is 6.27. The molecule has 2 aromatic heterocycles. The van der Waals surface area contributed by atoms with Crippen LogP contribution in [0.4, 0.5) is 0 Å². The Labute approximate surface area is 186 Å². The Bertz CT molecular complexity index is 1250. The van der Waals surface area contributed by atoms with Gasteiger partial charge in [0.15, 0.2) is 15.6 Å². The lowest BCUT2D eigenvalue weighted by Gasteiger charge is -2.14. The molecule has 0 N–H and O–H groups in total. The van der Waals surface area contributed by atoms with Crippen molar-refractivity contribution in [1.29, 1.82) is 0 Å². The van der Waals surface area contributed by atoms with Crippen molar-refractivity contribution in [1.82, 2.24) is 14.5 Å². The lowest BCUT2D eigenvalue weighted by atomic mass is 10.2. The SMILES string of the molecule is CC[C@H](C)S(=O)(=O)Cc1cc(-c2ccc(=O)n(C)c2)nc(Oc2c(C)cccc2Cl)n1. The minimum absolute atomic E-state index is 0.0168. The van der Waals surface area contributed by atoms with Crippen LogP contribution >= 0.6 is 11.6 Å². The molecule has 0 aliphatic carbocycles. The molecular formula is C22H24ClN3O4S. The summed E-state index contributed by atoms with van der Waals surface area (Å²) in [4.78, 5) is 20.5. The van der Waals surface area contributed by atoms with Crippen LogP contribution in [-0.4, -0.2) is 28.2 Å². The average Bonchev–Trinajstić information content (AvgIpc) is 2.71. The van der Waals surface area contributed by atoms with Gasteiger partial charge in [0.25, 0.3) is 0 Å². The third kappa shape index (κ3) is 5.32. The second kappa shape index (κ2) is 9.20. The number of nitrogens with zero attached hydrogens (tertiary/aromatic N) is 3. The van der Waals surface area contributed by atoms with E-state index in [0.29, 0.717) is 34.1 Å². The average molecular weight is 462 g/mol. The Balaban J connectivity index is 2.11. The summed E-state index contributed by atoms with van der Waals surface area (Å²) in [5.74, 6) is 0.152. The fourth-order valence-corrected chi connectivity index (χ4v) is 4.54. The van der Waals surface area contributed by atoms with E-state index in [-0.39, 0.29) is 17.3 Å². The van der Waals surface area contributed by atoms with Crippen molar-refractivity contribution in [3.63, 3.8) is 0 Å². The first-order valence-corrected chi connectivity index (χ1v) is 11.9. The number of halogens is 1. The highest BCUT2D eigenvalue weighted by molar-refractivity contribution is 7.91. The largest absolute Gasteiger partial charge is 0.422 e. The zero-order chi connectivity index (χ0) is 22.8. The quantitative estimate of drug-likeness (QED) is 0.520. The van der Waals surface area contributed by atoms with E-state index in [4.69, 9.17) is 16.3 Å². The maximum Gasteiger partial charge on any atom is 0.322 e. The highest BCUT2D eigenvalue weighted by atomic mass is 35.5. The zero-order valence-corrected chi connectivity index (χ0v) is 19.4. The third-order valence-corrected chi connectivity index (χ3v) is 7.59. The van der Waals surface area contributed by atoms with Gasteiger partial charge in [0.1, 0.15) is 0 Å². The highest BCUT2D eigenvalue weighted by Gasteiger charge is 2.22. The number of hydrogen-bond donors (Lipinski definition) is 0. The summed E-state index contributed by atoms with van der Waals surface area (Å²) in [6, 6.07) is 9.97. The molecule has 0 spiro atoms. The topological polar surface area (TPSA) is 91.2 Å². The normalized spacial score (nSPS) is 12.5. The maximum atomic E-state index is 12.7. The van der Waals surface area contributed by atoms with Crippen LogP contribution in [0.25, 0.3) is 11.3 Å². The van der Waals surface area contributed by atoms with Crippen LogP contribution in [0, 0.1) is 6.92 Å². The van der Waals surface area contributed by atoms with Crippen LogP contribution in [0.5, 0.6) is 11.8 Å². The Morgan fingerprint density at radius 3 is 2.58 bits per heavy atom. The molecule has 164 valence electrons. The summed E-state index contributed by atoms with van der Waals surface area (Å²) in [6.07, 6.45) is 2.13. The van der Waals surface area contributed by atoms with E-state index < -0.39 is 15.1 Å². The fourth-order valence-electron chi connectivity index (χ4n) is 2.93. The molecule has 3 aromatic rings. The summed E-state index contributed by atoms with van der Waals surface area (Å²) in [6.45, 7) is 5.34. The van der Waals surface area contributed by atoms with Crippen LogP contribution in [0.15, 0.2) is 47.4 Å². The number of benzene rings is 1. The van der Waals surface area contributed by atoms with Crippen molar-refractivity contribution in [2.75, 3.05) is 0 Å². The molecule has 9 heteroatoms. The van der Waals surface area contributed by atoms with Gasteiger partial charge < -0.3 is 9.30 Å². The van der Waals surface area contributed by atoms with E-state index >= 15 is 0 Å². The van der Waals surface area contributed by atoms with Gasteiger partial charge in [-0.3, -0.25) is 4.79 Å². The second-order valence-corrected chi connectivity index (χ2v) is 10.2. The van der Waals surface area contributed by atoms with Gasteiger partial charge in [-0.25, -0.2) is 8.42 Å². The second-order valence-electron chi connectivity index (χ2n) is 7.41. The van der Waals surface area contributed by atoms with E-state index in [1.165, 1.54) is 10.6 Å². The molecule has 0 bridgehead atoms. The smallest absolute Gasteiger partial charge is 0.322 e. The summed E-state index contributed by atoms with van der Waals surface area (Å²) in [5, 5.41) is -0.108. The van der Waals surface area contributed by atoms with Crippen LogP contribution in [0.3, 0.4) is 0 Å². The Morgan fingerprint density at radius 2 is 1.94 bits per heavy atom. The molecule has 0 aliphatic heterocycles. The number of hydrogen-bond acceptors (Lipinski definition) is 6. The van der Waals surface area contributed by atoms with Gasteiger partial charge in [-0.2, -0.15) is 9.97 Å². The van der Waals surface area contributed by atoms with Crippen molar-refractivity contribution in [3.05, 3.63) is 69.2 Å². The van der Waals surface area contributed by atoms with E-state index in [0.717, 1.165) is 5.56 Å². The Hall–Kier alpha value is -2.71. The van der Waals surface area contributed by atoms with E-state index in [1.54, 1.807) is 44.4 Å². The van der Waals surface area contributed by atoms with E-state index in [2.05, 4.69) is 9.97 Å². The van der Waals surface area contributed by atoms with E-state index in [1.807, 2.05) is 19.9 Å². The number of para-hydroxylation sites is 1. The minimum atomic E-state index is -3.41. The molecule has 0 unspecified atom stereocenters. The van der Waals surface area contributed by atoms with Crippen LogP contribution in [0.1, 0.15) is 31.5 Å². The molecule has 1 atom stereocenters. The summed E-state index contributed by atoms with van der Waals surface area (Å²) < 4.78 is 32.7. The van der Waals surface area contributed by atoms with Gasteiger partial charge in [-0.1, -0.05) is 30.7 Å². The van der Waals surface area contributed by atoms with Gasteiger partial charge in [0, 0.05) is 24.9 Å². The van der Waals surface area contributed by atoms with Crippen molar-refractivity contribution >= 4 is 21.4 Å². The van der Waals surface area contributed by atoms with Gasteiger partial charge in [-0.05, 0) is 44.0 Å². The van der Waals surface area contributed by atoms with Crippen LogP contribution < -0.4 is 10.3 Å². The molecule has 0 amide bonds. The molecule has 7 nitrogen and oxygen atoms in total. The van der Waals surface area contributed by atoms with Crippen LogP contribution in [0.2, 0.25) is 5.02 Å². The molecular weight excluding hydrogens is 438 g/mol. The minimum Gasteiger partial charge on any atom is -0.422 e. The van der Waals surface area contributed by atoms with Crippen LogP contribution in [-0.2, 0) is 22.6 Å². The van der Waals surface area contributed by atoms with Gasteiger partial charge in [-0.15, -0.1) is 0 Å². The number of sulfone groups is 1. The molecule has 0 saturated heterocycles. The summed E-state index contributed by atoms with van der Waals surface area (Å²) in [5.41, 5.74) is 2.00. The molecule has 0 radical (unpaired) electrons. The number of ether oxygens (including phenoxy) is 1. The first-order valence-electron chi connectivity index (χ1n) is 9.80. The predicted molar refractivity (Wildman–Crippen MR) is 121 cm³/mol. The van der Waals surface area contributed by atoms with Gasteiger partial charge >= 0.3 is 6.01 Å². The zero-order valence-electron chi connectivity index (χ0n) is 17.8. The third-order valence-electron chi connectivity index (χ3n) is 5.03. The first-order chi connectivity index (χ1) is 14.6. The maximum absolute atomic E-state index is 12.7.